The molecule has 0 spiro atoms. The van der Waals surface area contributed by atoms with Crippen LogP contribution in [0.5, 0.6) is 0 Å². The van der Waals surface area contributed by atoms with Gasteiger partial charge in [0.15, 0.2) is 6.29 Å². The summed E-state index contributed by atoms with van der Waals surface area (Å²) in [6, 6.07) is 0. The summed E-state index contributed by atoms with van der Waals surface area (Å²) in [6.07, 6.45) is 9.09. The van der Waals surface area contributed by atoms with E-state index in [-0.39, 0.29) is 0 Å². The summed E-state index contributed by atoms with van der Waals surface area (Å²) < 4.78 is 0. The molecule has 1 aliphatic carbocycles. The molecule has 0 unspecified atom stereocenters. The highest BCUT2D eigenvalue weighted by molar-refractivity contribution is 5.72. The summed E-state index contributed by atoms with van der Waals surface area (Å²) in [4.78, 5) is 10.7. The maximum absolute atomic E-state index is 10.7. The zero-order chi connectivity index (χ0) is 9.52. The van der Waals surface area contributed by atoms with Crippen molar-refractivity contribution in [1.82, 2.24) is 0 Å². The van der Waals surface area contributed by atoms with Crippen LogP contribution in [0, 0.1) is 0 Å². The topological polar surface area (TPSA) is 17.1 Å². The monoisotopic (exact) mass is 178 g/mol. The molecule has 1 aliphatic rings. The van der Waals surface area contributed by atoms with E-state index in [0.717, 1.165) is 37.5 Å². The van der Waals surface area contributed by atoms with Crippen LogP contribution >= 0.6 is 0 Å². The van der Waals surface area contributed by atoms with E-state index in [0.29, 0.717) is 0 Å². The smallest absolute Gasteiger partial charge is 0.153 e. The molecule has 1 nitrogen and oxygen atoms in total. The third-order valence-electron chi connectivity index (χ3n) is 2.46. The van der Waals surface area contributed by atoms with Crippen molar-refractivity contribution < 1.29 is 4.79 Å². The van der Waals surface area contributed by atoms with Gasteiger partial charge in [-0.2, -0.15) is 0 Å². The number of carbonyl (C=O) groups excluding carboxylic acids is 1. The number of rotatable bonds is 3. The van der Waals surface area contributed by atoms with Crippen molar-refractivity contribution in [2.24, 2.45) is 0 Å². The van der Waals surface area contributed by atoms with Crippen LogP contribution in [0.4, 0.5) is 0 Å². The van der Waals surface area contributed by atoms with Gasteiger partial charge in [-0.3, -0.25) is 4.79 Å². The van der Waals surface area contributed by atoms with Gasteiger partial charge in [0.1, 0.15) is 0 Å². The van der Waals surface area contributed by atoms with Crippen LogP contribution in [0.25, 0.3) is 0 Å². The van der Waals surface area contributed by atoms with Crippen LogP contribution in [0.15, 0.2) is 16.9 Å². The van der Waals surface area contributed by atoms with Gasteiger partial charge in [-0.1, -0.05) is 19.8 Å². The highest BCUT2D eigenvalue weighted by Gasteiger charge is 2.04. The molecule has 1 heteroatoms. The van der Waals surface area contributed by atoms with Crippen LogP contribution in [0.2, 0.25) is 0 Å². The van der Waals surface area contributed by atoms with Crippen LogP contribution in [0.3, 0.4) is 0 Å². The molecule has 0 saturated heterocycles. The normalized spacial score (nSPS) is 16.5. The predicted octanol–water partition coefficient (Wildman–Crippen LogP) is 3.40. The Balaban J connectivity index is 2.70. The first-order valence-electron chi connectivity index (χ1n) is 5.29. The molecule has 0 amide bonds. The molecule has 0 bridgehead atoms. The average molecular weight is 178 g/mol. The molecule has 0 heterocycles. The van der Waals surface area contributed by atoms with Crippen LogP contribution in [-0.2, 0) is 4.79 Å². The van der Waals surface area contributed by atoms with E-state index in [4.69, 9.17) is 0 Å². The lowest BCUT2D eigenvalue weighted by Crippen LogP contribution is -1.93. The van der Waals surface area contributed by atoms with Gasteiger partial charge in [-0.15, -0.1) is 5.73 Å². The Labute approximate surface area is 80.5 Å². The Bertz CT molecular complexity index is 224. The van der Waals surface area contributed by atoms with Gasteiger partial charge >= 0.3 is 0 Å². The van der Waals surface area contributed by atoms with Gasteiger partial charge in [-0.25, -0.2) is 0 Å². The fourth-order valence-electron chi connectivity index (χ4n) is 1.75. The van der Waals surface area contributed by atoms with Gasteiger partial charge in [0.05, 0.1) is 0 Å². The minimum atomic E-state index is 0.861. The maximum atomic E-state index is 10.7. The molecular weight excluding hydrogens is 160 g/mol. The molecule has 0 aromatic rings. The molecule has 0 N–H and O–H groups in total. The summed E-state index contributed by atoms with van der Waals surface area (Å²) in [6.45, 7) is 2.09. The number of allylic oxidation sites excluding steroid dienone is 1. The second kappa shape index (κ2) is 5.77. The number of aldehydes is 1. The van der Waals surface area contributed by atoms with Gasteiger partial charge < -0.3 is 0 Å². The van der Waals surface area contributed by atoms with Crippen molar-refractivity contribution in [3.63, 3.8) is 0 Å². The molecular formula is C12H18O. The van der Waals surface area contributed by atoms with Crippen LogP contribution in [0.1, 0.15) is 51.9 Å². The van der Waals surface area contributed by atoms with Gasteiger partial charge in [-0.05, 0) is 37.7 Å². The molecule has 0 aromatic heterocycles. The lowest BCUT2D eigenvalue weighted by atomic mass is 9.95. The van der Waals surface area contributed by atoms with Crippen molar-refractivity contribution in [3.8, 4) is 0 Å². The highest BCUT2D eigenvalue weighted by Crippen LogP contribution is 2.22. The molecule has 0 aromatic carbocycles. The Hall–Kier alpha value is -0.810. The first-order chi connectivity index (χ1) is 6.36. The third kappa shape index (κ3) is 3.61. The second-order valence-corrected chi connectivity index (χ2v) is 3.68. The summed E-state index contributed by atoms with van der Waals surface area (Å²) in [5, 5.41) is 0. The van der Waals surface area contributed by atoms with Crippen molar-refractivity contribution in [2.75, 3.05) is 0 Å². The van der Waals surface area contributed by atoms with E-state index < -0.39 is 0 Å². The van der Waals surface area contributed by atoms with Crippen LogP contribution < -0.4 is 0 Å². The largest absolute Gasteiger partial charge is 0.298 e. The van der Waals surface area contributed by atoms with Crippen molar-refractivity contribution in [3.05, 3.63) is 16.9 Å². The van der Waals surface area contributed by atoms with Crippen molar-refractivity contribution in [1.29, 1.82) is 0 Å². The molecule has 13 heavy (non-hydrogen) atoms. The summed E-state index contributed by atoms with van der Waals surface area (Å²) in [5.74, 6) is 0. The second-order valence-electron chi connectivity index (χ2n) is 3.68. The Kier molecular flexibility index (Phi) is 4.56. The summed E-state index contributed by atoms with van der Waals surface area (Å²) in [5.41, 5.74) is 5.50. The van der Waals surface area contributed by atoms with Gasteiger partial charge in [0.2, 0.25) is 0 Å². The molecule has 0 aliphatic heterocycles. The van der Waals surface area contributed by atoms with E-state index in [1.165, 1.54) is 24.8 Å². The molecule has 0 radical (unpaired) electrons. The van der Waals surface area contributed by atoms with E-state index in [1.54, 1.807) is 0 Å². The number of hydrogen-bond donors (Lipinski definition) is 0. The predicted molar refractivity (Wildman–Crippen MR) is 54.6 cm³/mol. The standard InChI is InChI=1S/C12H18O/c1-2-6-12(10-13)9-11-7-4-3-5-8-11/h10H,2-8H2,1H3. The fraction of sp³-hybridized carbons (Fsp3) is 0.667. The van der Waals surface area contributed by atoms with E-state index in [9.17, 15) is 4.79 Å². The van der Waals surface area contributed by atoms with E-state index >= 15 is 0 Å². The number of hydrogen-bond acceptors (Lipinski definition) is 1. The quantitative estimate of drug-likeness (QED) is 0.368. The molecule has 1 saturated carbocycles. The summed E-state index contributed by atoms with van der Waals surface area (Å²) in [7, 11) is 0. The van der Waals surface area contributed by atoms with Crippen molar-refractivity contribution in [2.45, 2.75) is 51.9 Å². The lowest BCUT2D eigenvalue weighted by molar-refractivity contribution is -0.105. The number of carbonyl (C=O) groups is 1. The Morgan fingerprint density at radius 2 is 2.08 bits per heavy atom. The first-order valence-corrected chi connectivity index (χ1v) is 5.29. The third-order valence-corrected chi connectivity index (χ3v) is 2.46. The zero-order valence-electron chi connectivity index (χ0n) is 8.44. The minimum Gasteiger partial charge on any atom is -0.298 e. The summed E-state index contributed by atoms with van der Waals surface area (Å²) >= 11 is 0. The average Bonchev–Trinajstić information content (AvgIpc) is 2.19. The zero-order valence-corrected chi connectivity index (χ0v) is 8.44. The Morgan fingerprint density at radius 3 is 2.62 bits per heavy atom. The molecule has 72 valence electrons. The molecule has 1 fully saturated rings. The molecule has 0 atom stereocenters. The van der Waals surface area contributed by atoms with E-state index in [1.807, 2.05) is 0 Å². The minimum absolute atomic E-state index is 0.861. The maximum Gasteiger partial charge on any atom is 0.153 e. The van der Waals surface area contributed by atoms with Gasteiger partial charge in [0.25, 0.3) is 0 Å². The van der Waals surface area contributed by atoms with Gasteiger partial charge in [0, 0.05) is 5.57 Å². The van der Waals surface area contributed by atoms with Crippen molar-refractivity contribution >= 4 is 6.29 Å². The lowest BCUT2D eigenvalue weighted by Gasteiger charge is -2.10. The SMILES string of the molecule is CCCC(=C=C1CCCCC1)C=O. The fourth-order valence-corrected chi connectivity index (χ4v) is 1.75. The molecule has 1 rings (SSSR count). The highest BCUT2D eigenvalue weighted by atomic mass is 16.1. The van der Waals surface area contributed by atoms with Crippen LogP contribution in [-0.4, -0.2) is 6.29 Å². The van der Waals surface area contributed by atoms with E-state index in [2.05, 4.69) is 12.7 Å². The first kappa shape index (κ1) is 10.3. The Morgan fingerprint density at radius 1 is 1.38 bits per heavy atom.